The maximum Gasteiger partial charge on any atom is 0.239 e. The number of hydrogen-bond acceptors (Lipinski definition) is 3. The summed E-state index contributed by atoms with van der Waals surface area (Å²) < 4.78 is 0. The Balaban J connectivity index is 4.42. The number of rotatable bonds is 6. The van der Waals surface area contributed by atoms with Gasteiger partial charge in [-0.1, -0.05) is 0 Å². The molecular formula is C11H24N2O2. The smallest absolute Gasteiger partial charge is 0.239 e. The van der Waals surface area contributed by atoms with E-state index in [2.05, 4.69) is 0 Å². The first-order valence-electron chi connectivity index (χ1n) is 5.61. The van der Waals surface area contributed by atoms with Gasteiger partial charge in [0.1, 0.15) is 0 Å². The summed E-state index contributed by atoms with van der Waals surface area (Å²) in [5.41, 5.74) is 0. The Labute approximate surface area is 92.9 Å². The van der Waals surface area contributed by atoms with Gasteiger partial charge in [-0.3, -0.25) is 9.69 Å². The lowest BCUT2D eigenvalue weighted by atomic mass is 10.2. The van der Waals surface area contributed by atoms with Crippen molar-refractivity contribution in [3.8, 4) is 0 Å². The van der Waals surface area contributed by atoms with E-state index < -0.39 is 0 Å². The molecule has 0 spiro atoms. The van der Waals surface area contributed by atoms with Gasteiger partial charge in [0.25, 0.3) is 0 Å². The SMILES string of the molecule is CCN(CC)C(=O)C(C)N(C)C(C)CO. The van der Waals surface area contributed by atoms with Crippen LogP contribution in [0.2, 0.25) is 0 Å². The van der Waals surface area contributed by atoms with Crippen molar-refractivity contribution < 1.29 is 9.90 Å². The number of amides is 1. The van der Waals surface area contributed by atoms with E-state index >= 15 is 0 Å². The number of aliphatic hydroxyl groups is 1. The minimum absolute atomic E-state index is 0.0134. The van der Waals surface area contributed by atoms with E-state index in [1.54, 1.807) is 0 Å². The normalized spacial score (nSPS) is 15.1. The zero-order valence-corrected chi connectivity index (χ0v) is 10.5. The molecule has 15 heavy (non-hydrogen) atoms. The van der Waals surface area contributed by atoms with Gasteiger partial charge in [0.2, 0.25) is 5.91 Å². The van der Waals surface area contributed by atoms with E-state index in [1.807, 2.05) is 44.5 Å². The number of hydrogen-bond donors (Lipinski definition) is 1. The highest BCUT2D eigenvalue weighted by Crippen LogP contribution is 2.05. The molecule has 4 nitrogen and oxygen atoms in total. The summed E-state index contributed by atoms with van der Waals surface area (Å²) >= 11 is 0. The second kappa shape index (κ2) is 6.80. The van der Waals surface area contributed by atoms with Crippen LogP contribution in [0.5, 0.6) is 0 Å². The Morgan fingerprint density at radius 3 is 2.07 bits per heavy atom. The highest BCUT2D eigenvalue weighted by Gasteiger charge is 2.24. The number of likely N-dealkylation sites (N-methyl/N-ethyl adjacent to an activating group) is 2. The van der Waals surface area contributed by atoms with Gasteiger partial charge in [-0.05, 0) is 34.7 Å². The quantitative estimate of drug-likeness (QED) is 0.705. The van der Waals surface area contributed by atoms with Crippen LogP contribution in [-0.4, -0.2) is 59.6 Å². The third-order valence-electron chi connectivity index (χ3n) is 3.00. The molecular weight excluding hydrogens is 192 g/mol. The molecule has 1 amide bonds. The molecule has 0 aromatic heterocycles. The zero-order chi connectivity index (χ0) is 12.0. The summed E-state index contributed by atoms with van der Waals surface area (Å²) in [5.74, 6) is 0.128. The summed E-state index contributed by atoms with van der Waals surface area (Å²) in [6, 6.07) is -0.161. The lowest BCUT2D eigenvalue weighted by Crippen LogP contribution is -2.49. The molecule has 2 unspecified atom stereocenters. The average molecular weight is 216 g/mol. The molecule has 0 aliphatic heterocycles. The lowest BCUT2D eigenvalue weighted by molar-refractivity contribution is -0.136. The van der Waals surface area contributed by atoms with E-state index in [0.717, 1.165) is 13.1 Å². The molecule has 1 N–H and O–H groups in total. The van der Waals surface area contributed by atoms with Crippen molar-refractivity contribution in [1.29, 1.82) is 0 Å². The van der Waals surface area contributed by atoms with Gasteiger partial charge in [0.15, 0.2) is 0 Å². The first-order valence-corrected chi connectivity index (χ1v) is 5.61. The Hall–Kier alpha value is -0.610. The van der Waals surface area contributed by atoms with Gasteiger partial charge in [0.05, 0.1) is 12.6 Å². The Bertz CT molecular complexity index is 193. The van der Waals surface area contributed by atoms with Crippen LogP contribution in [-0.2, 0) is 4.79 Å². The molecule has 4 heteroatoms. The molecule has 90 valence electrons. The molecule has 0 saturated carbocycles. The first-order chi connectivity index (χ1) is 6.99. The molecule has 0 aromatic rings. The van der Waals surface area contributed by atoms with E-state index in [9.17, 15) is 4.79 Å². The van der Waals surface area contributed by atoms with Gasteiger partial charge in [-0.2, -0.15) is 0 Å². The molecule has 0 bridgehead atoms. The topological polar surface area (TPSA) is 43.8 Å². The van der Waals surface area contributed by atoms with Crippen LogP contribution in [0.3, 0.4) is 0 Å². The second-order valence-corrected chi connectivity index (χ2v) is 3.88. The fourth-order valence-electron chi connectivity index (χ4n) is 1.48. The molecule has 0 saturated heterocycles. The van der Waals surface area contributed by atoms with Crippen molar-refractivity contribution in [2.75, 3.05) is 26.7 Å². The van der Waals surface area contributed by atoms with Crippen molar-refractivity contribution >= 4 is 5.91 Å². The Morgan fingerprint density at radius 1 is 1.27 bits per heavy atom. The first kappa shape index (κ1) is 14.4. The molecule has 0 aromatic carbocycles. The fraction of sp³-hybridized carbons (Fsp3) is 0.909. The average Bonchev–Trinajstić information content (AvgIpc) is 2.27. The highest BCUT2D eigenvalue weighted by molar-refractivity contribution is 5.81. The Kier molecular flexibility index (Phi) is 6.52. The summed E-state index contributed by atoms with van der Waals surface area (Å²) in [6.45, 7) is 9.29. The van der Waals surface area contributed by atoms with E-state index in [0.29, 0.717) is 0 Å². The van der Waals surface area contributed by atoms with Gasteiger partial charge < -0.3 is 10.0 Å². The van der Waals surface area contributed by atoms with Crippen LogP contribution in [0.4, 0.5) is 0 Å². The van der Waals surface area contributed by atoms with E-state index in [-0.39, 0.29) is 24.6 Å². The summed E-state index contributed by atoms with van der Waals surface area (Å²) in [4.78, 5) is 15.7. The number of aliphatic hydroxyl groups excluding tert-OH is 1. The van der Waals surface area contributed by atoms with E-state index in [4.69, 9.17) is 5.11 Å². The van der Waals surface area contributed by atoms with Crippen molar-refractivity contribution in [2.45, 2.75) is 39.8 Å². The van der Waals surface area contributed by atoms with Crippen LogP contribution in [0.25, 0.3) is 0 Å². The maximum absolute atomic E-state index is 12.0. The van der Waals surface area contributed by atoms with E-state index in [1.165, 1.54) is 0 Å². The summed E-state index contributed by atoms with van der Waals surface area (Å²) in [7, 11) is 1.87. The molecule has 2 atom stereocenters. The second-order valence-electron chi connectivity index (χ2n) is 3.88. The molecule has 0 radical (unpaired) electrons. The monoisotopic (exact) mass is 216 g/mol. The molecule has 0 fully saturated rings. The summed E-state index contributed by atoms with van der Waals surface area (Å²) in [5, 5.41) is 9.02. The number of carbonyl (C=O) groups excluding carboxylic acids is 1. The van der Waals surface area contributed by atoms with Crippen molar-refractivity contribution in [3.63, 3.8) is 0 Å². The van der Waals surface area contributed by atoms with Gasteiger partial charge in [-0.15, -0.1) is 0 Å². The van der Waals surface area contributed by atoms with Crippen molar-refractivity contribution in [3.05, 3.63) is 0 Å². The minimum Gasteiger partial charge on any atom is -0.395 e. The maximum atomic E-state index is 12.0. The molecule has 0 aliphatic carbocycles. The fourth-order valence-corrected chi connectivity index (χ4v) is 1.48. The van der Waals surface area contributed by atoms with Crippen LogP contribution < -0.4 is 0 Å². The lowest BCUT2D eigenvalue weighted by Gasteiger charge is -2.32. The molecule has 0 rings (SSSR count). The molecule has 0 aliphatic rings. The molecule has 0 heterocycles. The van der Waals surface area contributed by atoms with Crippen molar-refractivity contribution in [1.82, 2.24) is 9.80 Å². The van der Waals surface area contributed by atoms with Gasteiger partial charge in [-0.25, -0.2) is 0 Å². The van der Waals surface area contributed by atoms with Crippen LogP contribution >= 0.6 is 0 Å². The van der Waals surface area contributed by atoms with Gasteiger partial charge >= 0.3 is 0 Å². The standard InChI is InChI=1S/C11H24N2O2/c1-6-13(7-2)11(15)10(4)12(5)9(3)8-14/h9-10,14H,6-8H2,1-5H3. The third kappa shape index (κ3) is 3.80. The highest BCUT2D eigenvalue weighted by atomic mass is 16.3. The van der Waals surface area contributed by atoms with Crippen LogP contribution in [0, 0.1) is 0 Å². The minimum atomic E-state index is -0.174. The van der Waals surface area contributed by atoms with Crippen LogP contribution in [0.1, 0.15) is 27.7 Å². The zero-order valence-electron chi connectivity index (χ0n) is 10.5. The van der Waals surface area contributed by atoms with Gasteiger partial charge in [0, 0.05) is 19.1 Å². The third-order valence-corrected chi connectivity index (χ3v) is 3.00. The predicted octanol–water partition coefficient (Wildman–Crippen LogP) is 0.556. The number of nitrogens with zero attached hydrogens (tertiary/aromatic N) is 2. The number of carbonyl (C=O) groups is 1. The predicted molar refractivity (Wildman–Crippen MR) is 61.7 cm³/mol. The Morgan fingerprint density at radius 2 is 1.73 bits per heavy atom. The summed E-state index contributed by atoms with van der Waals surface area (Å²) in [6.07, 6.45) is 0. The van der Waals surface area contributed by atoms with Crippen LogP contribution in [0.15, 0.2) is 0 Å². The van der Waals surface area contributed by atoms with Crippen molar-refractivity contribution in [2.24, 2.45) is 0 Å². The largest absolute Gasteiger partial charge is 0.395 e.